The molecule has 1 aromatic rings. The molecule has 1 saturated heterocycles. The van der Waals surface area contributed by atoms with Crippen molar-refractivity contribution < 1.29 is 18.7 Å². The molecule has 142 valence electrons. The molecule has 1 amide bonds. The van der Waals surface area contributed by atoms with E-state index in [1.807, 2.05) is 0 Å². The van der Waals surface area contributed by atoms with Crippen molar-refractivity contribution in [2.45, 2.75) is 63.1 Å². The van der Waals surface area contributed by atoms with Crippen LogP contribution in [0.4, 0.5) is 4.39 Å². The Balaban J connectivity index is 1.40. The summed E-state index contributed by atoms with van der Waals surface area (Å²) in [5.74, 6) is 1.40. The predicted molar refractivity (Wildman–Crippen MR) is 96.4 cm³/mol. The van der Waals surface area contributed by atoms with Gasteiger partial charge in [-0.1, -0.05) is 0 Å². The van der Waals surface area contributed by atoms with Gasteiger partial charge in [-0.25, -0.2) is 4.39 Å². The fourth-order valence-electron chi connectivity index (χ4n) is 5.12. The molecule has 0 radical (unpaired) electrons. The summed E-state index contributed by atoms with van der Waals surface area (Å²) in [7, 11) is 1.76. The minimum Gasteiger partial charge on any atom is -0.491 e. The van der Waals surface area contributed by atoms with Gasteiger partial charge in [-0.15, -0.1) is 0 Å². The van der Waals surface area contributed by atoms with Crippen LogP contribution < -0.4 is 4.74 Å². The summed E-state index contributed by atoms with van der Waals surface area (Å²) < 4.78 is 24.4. The first-order chi connectivity index (χ1) is 12.7. The Kier molecular flexibility index (Phi) is 5.16. The lowest BCUT2D eigenvalue weighted by Gasteiger charge is -2.39. The second-order valence-corrected chi connectivity index (χ2v) is 8.01. The Morgan fingerprint density at radius 1 is 1.12 bits per heavy atom. The molecule has 1 aromatic carbocycles. The molecule has 0 spiro atoms. The lowest BCUT2D eigenvalue weighted by molar-refractivity contribution is -0.142. The summed E-state index contributed by atoms with van der Waals surface area (Å²) in [4.78, 5) is 15.4. The Morgan fingerprint density at radius 2 is 1.85 bits per heavy atom. The SMILES string of the molecule is COC1CCC(C(=O)N2C3CCC(C3)[C@H]2COc2ccc(F)cc2)CC1. The number of nitrogens with zero attached hydrogens (tertiary/aromatic N) is 1. The summed E-state index contributed by atoms with van der Waals surface area (Å²) in [5, 5.41) is 0. The van der Waals surface area contributed by atoms with Crippen molar-refractivity contribution in [3.8, 4) is 5.75 Å². The molecule has 2 saturated carbocycles. The zero-order valence-corrected chi connectivity index (χ0v) is 15.4. The fourth-order valence-corrected chi connectivity index (χ4v) is 5.12. The van der Waals surface area contributed by atoms with E-state index in [1.165, 1.54) is 18.6 Å². The standard InChI is InChI=1S/C21H28FNO3/c1-25-18-8-3-14(4-9-18)21(24)23-17-7-2-15(12-17)20(23)13-26-19-10-5-16(22)6-11-19/h5-6,10-11,14-15,17-18,20H,2-4,7-9,12-13H2,1H3/t14?,15?,17?,18?,20-/m1/s1. The maximum Gasteiger partial charge on any atom is 0.226 e. The first kappa shape index (κ1) is 17.8. The third-order valence-electron chi connectivity index (χ3n) is 6.59. The molecule has 3 atom stereocenters. The highest BCUT2D eigenvalue weighted by Crippen LogP contribution is 2.44. The van der Waals surface area contributed by atoms with Crippen molar-refractivity contribution in [2.75, 3.05) is 13.7 Å². The summed E-state index contributed by atoms with van der Waals surface area (Å²) in [6.07, 6.45) is 7.53. The maximum atomic E-state index is 13.2. The van der Waals surface area contributed by atoms with Crippen LogP contribution in [0.15, 0.2) is 24.3 Å². The normalized spacial score (nSPS) is 33.5. The number of hydrogen-bond donors (Lipinski definition) is 0. The molecule has 0 aromatic heterocycles. The van der Waals surface area contributed by atoms with Crippen LogP contribution in [0.3, 0.4) is 0 Å². The number of fused-ring (bicyclic) bond motifs is 2. The topological polar surface area (TPSA) is 38.8 Å². The zero-order chi connectivity index (χ0) is 18.1. The van der Waals surface area contributed by atoms with Gasteiger partial charge in [-0.05, 0) is 75.1 Å². The molecule has 3 aliphatic rings. The number of hydrogen-bond acceptors (Lipinski definition) is 3. The van der Waals surface area contributed by atoms with Crippen LogP contribution in [0.1, 0.15) is 44.9 Å². The van der Waals surface area contributed by atoms with Crippen LogP contribution >= 0.6 is 0 Å². The van der Waals surface area contributed by atoms with Crippen molar-refractivity contribution in [3.63, 3.8) is 0 Å². The van der Waals surface area contributed by atoms with Gasteiger partial charge < -0.3 is 14.4 Å². The lowest BCUT2D eigenvalue weighted by atomic mass is 9.85. The highest BCUT2D eigenvalue weighted by Gasteiger charge is 2.49. The molecule has 1 aliphatic heterocycles. The van der Waals surface area contributed by atoms with Gasteiger partial charge in [0.25, 0.3) is 0 Å². The number of amides is 1. The van der Waals surface area contributed by atoms with Gasteiger partial charge in [0.1, 0.15) is 18.2 Å². The second kappa shape index (κ2) is 7.55. The van der Waals surface area contributed by atoms with Gasteiger partial charge in [0.2, 0.25) is 5.91 Å². The number of carbonyl (C=O) groups is 1. The highest BCUT2D eigenvalue weighted by atomic mass is 19.1. The van der Waals surface area contributed by atoms with Gasteiger partial charge in [-0.3, -0.25) is 4.79 Å². The molecule has 2 bridgehead atoms. The van der Waals surface area contributed by atoms with Gasteiger partial charge >= 0.3 is 0 Å². The molecule has 26 heavy (non-hydrogen) atoms. The predicted octanol–water partition coefficient (Wildman–Crippen LogP) is 3.79. The molecule has 2 unspecified atom stereocenters. The third kappa shape index (κ3) is 3.46. The zero-order valence-electron chi connectivity index (χ0n) is 15.4. The average molecular weight is 361 g/mol. The maximum absolute atomic E-state index is 13.2. The van der Waals surface area contributed by atoms with Crippen LogP contribution in [0.25, 0.3) is 0 Å². The summed E-state index contributed by atoms with van der Waals surface area (Å²) in [6.45, 7) is 0.506. The Bertz CT molecular complexity index is 627. The summed E-state index contributed by atoms with van der Waals surface area (Å²) in [6, 6.07) is 6.67. The van der Waals surface area contributed by atoms with E-state index in [9.17, 15) is 9.18 Å². The average Bonchev–Trinajstić information content (AvgIpc) is 3.28. The van der Waals surface area contributed by atoms with E-state index in [0.29, 0.717) is 36.3 Å². The molecular formula is C21H28FNO3. The van der Waals surface area contributed by atoms with Crippen LogP contribution in [-0.4, -0.2) is 42.7 Å². The minimum absolute atomic E-state index is 0.133. The molecular weight excluding hydrogens is 333 g/mol. The number of methoxy groups -OCH3 is 1. The number of ether oxygens (including phenoxy) is 2. The number of rotatable bonds is 5. The van der Waals surface area contributed by atoms with E-state index in [4.69, 9.17) is 9.47 Å². The van der Waals surface area contributed by atoms with E-state index in [0.717, 1.165) is 38.5 Å². The van der Waals surface area contributed by atoms with Crippen LogP contribution in [-0.2, 0) is 9.53 Å². The molecule has 5 heteroatoms. The Hall–Kier alpha value is -1.62. The van der Waals surface area contributed by atoms with E-state index < -0.39 is 0 Å². The van der Waals surface area contributed by atoms with Crippen molar-refractivity contribution >= 4 is 5.91 Å². The summed E-state index contributed by atoms with van der Waals surface area (Å²) >= 11 is 0. The fraction of sp³-hybridized carbons (Fsp3) is 0.667. The summed E-state index contributed by atoms with van der Waals surface area (Å²) in [5.41, 5.74) is 0. The van der Waals surface area contributed by atoms with Gasteiger partial charge in [0.15, 0.2) is 0 Å². The van der Waals surface area contributed by atoms with E-state index in [1.54, 1.807) is 19.2 Å². The van der Waals surface area contributed by atoms with E-state index in [-0.39, 0.29) is 17.8 Å². The number of piperidine rings is 1. The molecule has 2 aliphatic carbocycles. The van der Waals surface area contributed by atoms with Crippen LogP contribution in [0, 0.1) is 17.7 Å². The van der Waals surface area contributed by atoms with Crippen molar-refractivity contribution in [2.24, 2.45) is 11.8 Å². The number of halogens is 1. The van der Waals surface area contributed by atoms with Gasteiger partial charge in [0, 0.05) is 19.1 Å². The minimum atomic E-state index is -0.263. The van der Waals surface area contributed by atoms with Gasteiger partial charge in [0.05, 0.1) is 12.1 Å². The molecule has 4 rings (SSSR count). The van der Waals surface area contributed by atoms with Crippen LogP contribution in [0.5, 0.6) is 5.75 Å². The van der Waals surface area contributed by atoms with E-state index in [2.05, 4.69) is 4.90 Å². The molecule has 1 heterocycles. The number of likely N-dealkylation sites (tertiary alicyclic amines) is 1. The Morgan fingerprint density at radius 3 is 2.54 bits per heavy atom. The van der Waals surface area contributed by atoms with E-state index >= 15 is 0 Å². The smallest absolute Gasteiger partial charge is 0.226 e. The van der Waals surface area contributed by atoms with Gasteiger partial charge in [-0.2, -0.15) is 0 Å². The molecule has 3 fully saturated rings. The molecule has 0 N–H and O–H groups in total. The highest BCUT2D eigenvalue weighted by molar-refractivity contribution is 5.80. The monoisotopic (exact) mass is 361 g/mol. The van der Waals surface area contributed by atoms with Crippen molar-refractivity contribution in [1.82, 2.24) is 4.90 Å². The first-order valence-electron chi connectivity index (χ1n) is 9.89. The largest absolute Gasteiger partial charge is 0.491 e. The lowest BCUT2D eigenvalue weighted by Crippen LogP contribution is -2.50. The quantitative estimate of drug-likeness (QED) is 0.801. The first-order valence-corrected chi connectivity index (χ1v) is 9.89. The van der Waals surface area contributed by atoms with Crippen LogP contribution in [0.2, 0.25) is 0 Å². The van der Waals surface area contributed by atoms with Crippen molar-refractivity contribution in [3.05, 3.63) is 30.1 Å². The second-order valence-electron chi connectivity index (χ2n) is 8.01. The Labute approximate surface area is 154 Å². The number of benzene rings is 1. The number of carbonyl (C=O) groups excluding carboxylic acids is 1. The molecule has 4 nitrogen and oxygen atoms in total. The van der Waals surface area contributed by atoms with Crippen molar-refractivity contribution in [1.29, 1.82) is 0 Å². The third-order valence-corrected chi connectivity index (χ3v) is 6.59.